The van der Waals surface area contributed by atoms with Gasteiger partial charge in [-0.3, -0.25) is 4.79 Å². The van der Waals surface area contributed by atoms with E-state index in [1.54, 1.807) is 18.2 Å². The van der Waals surface area contributed by atoms with Crippen LogP contribution in [0.4, 0.5) is 0 Å². The first-order chi connectivity index (χ1) is 8.11. The third kappa shape index (κ3) is 2.81. The molecule has 2 N–H and O–H groups in total. The first kappa shape index (κ1) is 12.9. The van der Waals surface area contributed by atoms with Gasteiger partial charge >= 0.3 is 0 Å². The number of carbonyl (C=O) groups excluding carboxylic acids is 1. The zero-order chi connectivity index (χ0) is 12.4. The highest BCUT2D eigenvalue weighted by Gasteiger charge is 2.26. The second kappa shape index (κ2) is 5.38. The minimum Gasteiger partial charge on any atom is -0.338 e. The fourth-order valence-corrected chi connectivity index (χ4v) is 2.45. The summed E-state index contributed by atoms with van der Waals surface area (Å²) in [6.45, 7) is 2.18. The minimum absolute atomic E-state index is 0.0374. The summed E-state index contributed by atoms with van der Waals surface area (Å²) in [5, 5.41) is 0.561. The fourth-order valence-electron chi connectivity index (χ4n) is 2.02. The molecular weight excluding hydrogens is 304 g/mol. The van der Waals surface area contributed by atoms with E-state index < -0.39 is 0 Å². The Balaban J connectivity index is 2.12. The van der Waals surface area contributed by atoms with Gasteiger partial charge in [-0.25, -0.2) is 0 Å². The molecule has 1 heterocycles. The van der Waals surface area contributed by atoms with Crippen LogP contribution in [0.25, 0.3) is 0 Å². The average molecular weight is 318 g/mol. The van der Waals surface area contributed by atoms with Gasteiger partial charge in [0, 0.05) is 23.1 Å². The van der Waals surface area contributed by atoms with Crippen molar-refractivity contribution in [1.82, 2.24) is 4.90 Å². The molecule has 0 spiro atoms. The van der Waals surface area contributed by atoms with Crippen LogP contribution in [0.15, 0.2) is 22.7 Å². The van der Waals surface area contributed by atoms with Crippen molar-refractivity contribution in [1.29, 1.82) is 0 Å². The Kier molecular flexibility index (Phi) is 4.07. The average Bonchev–Trinajstić information content (AvgIpc) is 2.80. The molecular formula is C12H14BrClN2O. The molecule has 17 heavy (non-hydrogen) atoms. The summed E-state index contributed by atoms with van der Waals surface area (Å²) in [4.78, 5) is 14.0. The molecule has 2 rings (SSSR count). The number of amides is 1. The molecule has 0 radical (unpaired) electrons. The second-order valence-corrected chi connectivity index (χ2v) is 5.53. The van der Waals surface area contributed by atoms with Crippen LogP contribution in [0, 0.1) is 5.92 Å². The summed E-state index contributed by atoms with van der Waals surface area (Å²) < 4.78 is 0.803. The van der Waals surface area contributed by atoms with E-state index in [2.05, 4.69) is 15.9 Å². The molecule has 5 heteroatoms. The van der Waals surface area contributed by atoms with Gasteiger partial charge in [0.05, 0.1) is 5.02 Å². The van der Waals surface area contributed by atoms with Crippen LogP contribution in [0.1, 0.15) is 16.8 Å². The zero-order valence-electron chi connectivity index (χ0n) is 9.33. The third-order valence-electron chi connectivity index (χ3n) is 3.07. The molecule has 1 fully saturated rings. The largest absolute Gasteiger partial charge is 0.338 e. The number of rotatable bonds is 2. The van der Waals surface area contributed by atoms with Crippen LogP contribution < -0.4 is 5.73 Å². The predicted octanol–water partition coefficient (Wildman–Crippen LogP) is 2.52. The molecule has 1 aliphatic rings. The lowest BCUT2D eigenvalue weighted by Gasteiger charge is -2.16. The van der Waals surface area contributed by atoms with Gasteiger partial charge in [0.2, 0.25) is 0 Å². The molecule has 1 aromatic rings. The van der Waals surface area contributed by atoms with Gasteiger partial charge in [-0.05, 0) is 53.0 Å². The van der Waals surface area contributed by atoms with E-state index in [9.17, 15) is 4.79 Å². The van der Waals surface area contributed by atoms with Crippen LogP contribution in [0.2, 0.25) is 5.02 Å². The summed E-state index contributed by atoms with van der Waals surface area (Å²) in [6, 6.07) is 5.28. The van der Waals surface area contributed by atoms with Crippen molar-refractivity contribution < 1.29 is 4.79 Å². The van der Waals surface area contributed by atoms with Gasteiger partial charge in [0.25, 0.3) is 5.91 Å². The molecule has 3 nitrogen and oxygen atoms in total. The molecule has 1 aromatic carbocycles. The third-order valence-corrected chi connectivity index (χ3v) is 4.31. The van der Waals surface area contributed by atoms with Crippen molar-refractivity contribution in [2.45, 2.75) is 6.42 Å². The number of nitrogens with zero attached hydrogens (tertiary/aromatic N) is 1. The van der Waals surface area contributed by atoms with Crippen LogP contribution in [-0.4, -0.2) is 30.4 Å². The molecule has 0 aliphatic carbocycles. The minimum atomic E-state index is 0.0374. The van der Waals surface area contributed by atoms with E-state index >= 15 is 0 Å². The maximum atomic E-state index is 12.2. The molecule has 0 saturated carbocycles. The van der Waals surface area contributed by atoms with E-state index in [0.29, 0.717) is 23.0 Å². The van der Waals surface area contributed by atoms with Gasteiger partial charge in [-0.15, -0.1) is 0 Å². The Labute approximate surface area is 114 Å². The topological polar surface area (TPSA) is 46.3 Å². The maximum Gasteiger partial charge on any atom is 0.253 e. The summed E-state index contributed by atoms with van der Waals surface area (Å²) in [5.74, 6) is 0.472. The lowest BCUT2D eigenvalue weighted by Crippen LogP contribution is -2.29. The van der Waals surface area contributed by atoms with E-state index in [-0.39, 0.29) is 5.91 Å². The van der Waals surface area contributed by atoms with E-state index in [1.807, 2.05) is 4.90 Å². The number of likely N-dealkylation sites (tertiary alicyclic amines) is 1. The maximum absolute atomic E-state index is 12.2. The summed E-state index contributed by atoms with van der Waals surface area (Å²) >= 11 is 9.29. The zero-order valence-corrected chi connectivity index (χ0v) is 11.7. The van der Waals surface area contributed by atoms with Crippen molar-refractivity contribution in [3.05, 3.63) is 33.3 Å². The number of carbonyl (C=O) groups is 1. The normalized spacial score (nSPS) is 19.7. The van der Waals surface area contributed by atoms with Crippen molar-refractivity contribution in [2.75, 3.05) is 19.6 Å². The monoisotopic (exact) mass is 316 g/mol. The number of halogens is 2. The van der Waals surface area contributed by atoms with Crippen LogP contribution in [0.3, 0.4) is 0 Å². The lowest BCUT2D eigenvalue weighted by molar-refractivity contribution is 0.0787. The summed E-state index contributed by atoms with van der Waals surface area (Å²) in [7, 11) is 0. The second-order valence-electron chi connectivity index (χ2n) is 4.27. The molecule has 92 valence electrons. The number of hydrogen-bond donors (Lipinski definition) is 1. The Morgan fingerprint density at radius 3 is 2.94 bits per heavy atom. The van der Waals surface area contributed by atoms with Crippen molar-refractivity contribution in [2.24, 2.45) is 11.7 Å². The van der Waals surface area contributed by atoms with Gasteiger partial charge in [-0.1, -0.05) is 11.6 Å². The van der Waals surface area contributed by atoms with Gasteiger partial charge in [-0.2, -0.15) is 0 Å². The van der Waals surface area contributed by atoms with Gasteiger partial charge in [0.1, 0.15) is 0 Å². The van der Waals surface area contributed by atoms with E-state index in [1.165, 1.54) is 0 Å². The quantitative estimate of drug-likeness (QED) is 0.911. The summed E-state index contributed by atoms with van der Waals surface area (Å²) in [6.07, 6.45) is 0.993. The highest BCUT2D eigenvalue weighted by Crippen LogP contribution is 2.25. The lowest BCUT2D eigenvalue weighted by atomic mass is 10.1. The molecule has 1 aliphatic heterocycles. The Morgan fingerprint density at radius 2 is 2.35 bits per heavy atom. The standard InChI is InChI=1S/C12H14BrClN2O/c13-10-2-1-9(5-11(10)14)12(17)16-4-3-8(6-15)7-16/h1-2,5,8H,3-4,6-7,15H2. The SMILES string of the molecule is NCC1CCN(C(=O)c2ccc(Br)c(Cl)c2)C1. The highest BCUT2D eigenvalue weighted by atomic mass is 79.9. The molecule has 0 bridgehead atoms. The fraction of sp³-hybridized carbons (Fsp3) is 0.417. The Hall–Kier alpha value is -0.580. The van der Waals surface area contributed by atoms with Crippen molar-refractivity contribution in [3.63, 3.8) is 0 Å². The van der Waals surface area contributed by atoms with Gasteiger partial charge < -0.3 is 10.6 Å². The van der Waals surface area contributed by atoms with E-state index in [0.717, 1.165) is 24.0 Å². The first-order valence-electron chi connectivity index (χ1n) is 5.56. The van der Waals surface area contributed by atoms with Crippen LogP contribution >= 0.6 is 27.5 Å². The van der Waals surface area contributed by atoms with Gasteiger partial charge in [0.15, 0.2) is 0 Å². The van der Waals surface area contributed by atoms with E-state index in [4.69, 9.17) is 17.3 Å². The predicted molar refractivity (Wildman–Crippen MR) is 72.2 cm³/mol. The molecule has 1 amide bonds. The number of hydrogen-bond acceptors (Lipinski definition) is 2. The first-order valence-corrected chi connectivity index (χ1v) is 6.73. The summed E-state index contributed by atoms with van der Waals surface area (Å²) in [5.41, 5.74) is 6.25. The molecule has 0 aromatic heterocycles. The van der Waals surface area contributed by atoms with Crippen LogP contribution in [-0.2, 0) is 0 Å². The van der Waals surface area contributed by atoms with Crippen molar-refractivity contribution >= 4 is 33.4 Å². The van der Waals surface area contributed by atoms with Crippen molar-refractivity contribution in [3.8, 4) is 0 Å². The smallest absolute Gasteiger partial charge is 0.253 e. The molecule has 1 unspecified atom stereocenters. The molecule has 1 atom stereocenters. The van der Waals surface area contributed by atoms with Crippen LogP contribution in [0.5, 0.6) is 0 Å². The number of benzene rings is 1. The number of nitrogens with two attached hydrogens (primary N) is 1. The Bertz CT molecular complexity index is 439. The highest BCUT2D eigenvalue weighted by molar-refractivity contribution is 9.10. The Morgan fingerprint density at radius 1 is 1.59 bits per heavy atom. The molecule has 1 saturated heterocycles.